The van der Waals surface area contributed by atoms with Gasteiger partial charge in [-0.2, -0.15) is 0 Å². The van der Waals surface area contributed by atoms with Crippen molar-refractivity contribution in [1.29, 1.82) is 0 Å². The molecule has 0 fully saturated rings. The molecule has 0 spiro atoms. The van der Waals surface area contributed by atoms with E-state index in [4.69, 9.17) is 0 Å². The maximum atomic E-state index is 13.1. The summed E-state index contributed by atoms with van der Waals surface area (Å²) in [6.07, 6.45) is 1.58. The summed E-state index contributed by atoms with van der Waals surface area (Å²) in [7, 11) is 0. The molecule has 0 aliphatic carbocycles. The maximum Gasteiger partial charge on any atom is 0.257 e. The third-order valence-corrected chi connectivity index (χ3v) is 2.88. The second kappa shape index (κ2) is 5.27. The summed E-state index contributed by atoms with van der Waals surface area (Å²) < 4.78 is 13.9. The molecular weight excluding hydrogens is 299 g/mol. The second-order valence-corrected chi connectivity index (χ2v) is 4.69. The Morgan fingerprint density at radius 2 is 2.11 bits per heavy atom. The van der Waals surface area contributed by atoms with Gasteiger partial charge in [0.1, 0.15) is 11.6 Å². The van der Waals surface area contributed by atoms with Gasteiger partial charge in [-0.15, -0.1) is 0 Å². The zero-order chi connectivity index (χ0) is 13.1. The van der Waals surface area contributed by atoms with Crippen molar-refractivity contribution in [2.45, 2.75) is 6.92 Å². The molecule has 1 heterocycles. The monoisotopic (exact) mass is 308 g/mol. The number of nitrogens with zero attached hydrogens (tertiary/aromatic N) is 1. The van der Waals surface area contributed by atoms with E-state index in [9.17, 15) is 9.18 Å². The van der Waals surface area contributed by atoms with Gasteiger partial charge in [-0.1, -0.05) is 6.07 Å². The zero-order valence-electron chi connectivity index (χ0n) is 9.58. The molecule has 0 bridgehead atoms. The van der Waals surface area contributed by atoms with Crippen molar-refractivity contribution < 1.29 is 9.18 Å². The highest BCUT2D eigenvalue weighted by molar-refractivity contribution is 9.10. The largest absolute Gasteiger partial charge is 0.307 e. The van der Waals surface area contributed by atoms with Crippen molar-refractivity contribution >= 4 is 27.7 Å². The molecule has 2 rings (SSSR count). The van der Waals surface area contributed by atoms with Gasteiger partial charge in [-0.05, 0) is 52.7 Å². The minimum Gasteiger partial charge on any atom is -0.307 e. The van der Waals surface area contributed by atoms with Crippen LogP contribution in [0, 0.1) is 12.7 Å². The molecule has 0 aliphatic rings. The summed E-state index contributed by atoms with van der Waals surface area (Å²) in [6.45, 7) is 1.75. The first-order valence-electron chi connectivity index (χ1n) is 5.25. The SMILES string of the molecule is Cc1ccc(F)cc1C(=O)Nc1ccc(Br)cn1. The van der Waals surface area contributed by atoms with Crippen molar-refractivity contribution in [3.8, 4) is 0 Å². The number of amides is 1. The number of rotatable bonds is 2. The van der Waals surface area contributed by atoms with Crippen molar-refractivity contribution in [2.24, 2.45) is 0 Å². The fourth-order valence-corrected chi connectivity index (χ4v) is 1.71. The fourth-order valence-electron chi connectivity index (χ4n) is 1.47. The summed E-state index contributed by atoms with van der Waals surface area (Å²) in [5.74, 6) is -0.386. The van der Waals surface area contributed by atoms with Gasteiger partial charge >= 0.3 is 0 Å². The van der Waals surface area contributed by atoms with Gasteiger partial charge in [-0.25, -0.2) is 9.37 Å². The Bertz CT molecular complexity index is 584. The number of benzene rings is 1. The lowest BCUT2D eigenvalue weighted by atomic mass is 10.1. The zero-order valence-corrected chi connectivity index (χ0v) is 11.2. The molecule has 1 amide bonds. The van der Waals surface area contributed by atoms with Crippen LogP contribution in [0.3, 0.4) is 0 Å². The molecular formula is C13H10BrFN2O. The lowest BCUT2D eigenvalue weighted by Gasteiger charge is -2.07. The van der Waals surface area contributed by atoms with E-state index in [0.29, 0.717) is 16.9 Å². The van der Waals surface area contributed by atoms with E-state index in [1.165, 1.54) is 12.1 Å². The second-order valence-electron chi connectivity index (χ2n) is 3.78. The van der Waals surface area contributed by atoms with Crippen molar-refractivity contribution in [1.82, 2.24) is 4.98 Å². The molecule has 92 valence electrons. The van der Waals surface area contributed by atoms with Crippen LogP contribution in [0.5, 0.6) is 0 Å². The third-order valence-electron chi connectivity index (χ3n) is 2.41. The number of pyridine rings is 1. The molecule has 0 saturated carbocycles. The average molecular weight is 309 g/mol. The molecule has 0 atom stereocenters. The summed E-state index contributed by atoms with van der Waals surface area (Å²) in [5, 5.41) is 2.62. The topological polar surface area (TPSA) is 42.0 Å². The Morgan fingerprint density at radius 3 is 2.78 bits per heavy atom. The molecule has 3 nitrogen and oxygen atoms in total. The van der Waals surface area contributed by atoms with Crippen molar-refractivity contribution in [3.63, 3.8) is 0 Å². The van der Waals surface area contributed by atoms with Gasteiger partial charge in [0, 0.05) is 16.2 Å². The number of nitrogens with one attached hydrogen (secondary N) is 1. The first-order chi connectivity index (χ1) is 8.56. The number of carbonyl (C=O) groups is 1. The van der Waals surface area contributed by atoms with Crippen LogP contribution in [0.1, 0.15) is 15.9 Å². The van der Waals surface area contributed by atoms with Gasteiger partial charge in [0.25, 0.3) is 5.91 Å². The Morgan fingerprint density at radius 1 is 1.33 bits per heavy atom. The average Bonchev–Trinajstić information content (AvgIpc) is 2.35. The predicted molar refractivity (Wildman–Crippen MR) is 71.0 cm³/mol. The highest BCUT2D eigenvalue weighted by atomic mass is 79.9. The number of halogens is 2. The van der Waals surface area contributed by atoms with Crippen LogP contribution in [-0.2, 0) is 0 Å². The first-order valence-corrected chi connectivity index (χ1v) is 6.04. The van der Waals surface area contributed by atoms with Crippen molar-refractivity contribution in [2.75, 3.05) is 5.32 Å². The highest BCUT2D eigenvalue weighted by Crippen LogP contribution is 2.14. The minimum absolute atomic E-state index is 0.305. The number of hydrogen-bond acceptors (Lipinski definition) is 2. The summed E-state index contributed by atoms with van der Waals surface area (Å²) in [5.41, 5.74) is 1.02. The Kier molecular flexibility index (Phi) is 3.72. The number of hydrogen-bond donors (Lipinski definition) is 1. The molecule has 0 unspecified atom stereocenters. The predicted octanol–water partition coefficient (Wildman–Crippen LogP) is 3.54. The van der Waals surface area contributed by atoms with Crippen LogP contribution >= 0.6 is 15.9 Å². The minimum atomic E-state index is -0.436. The summed E-state index contributed by atoms with van der Waals surface area (Å²) in [4.78, 5) is 16.0. The molecule has 1 aromatic carbocycles. The number of aryl methyl sites for hydroxylation is 1. The van der Waals surface area contributed by atoms with Crippen LogP contribution in [0.4, 0.5) is 10.2 Å². The Labute approximate surface area is 112 Å². The van der Waals surface area contributed by atoms with E-state index < -0.39 is 5.82 Å². The lowest BCUT2D eigenvalue weighted by Crippen LogP contribution is -2.14. The van der Waals surface area contributed by atoms with Crippen LogP contribution in [-0.4, -0.2) is 10.9 Å². The first kappa shape index (κ1) is 12.7. The molecule has 0 radical (unpaired) electrons. The molecule has 0 saturated heterocycles. The van der Waals surface area contributed by atoms with Gasteiger partial charge < -0.3 is 5.32 Å². The molecule has 1 N–H and O–H groups in total. The smallest absolute Gasteiger partial charge is 0.257 e. The summed E-state index contributed by atoms with van der Waals surface area (Å²) in [6, 6.07) is 7.53. The van der Waals surface area contributed by atoms with Gasteiger partial charge in [0.15, 0.2) is 0 Å². The normalized spacial score (nSPS) is 10.2. The van der Waals surface area contributed by atoms with E-state index in [1.807, 2.05) is 0 Å². The van der Waals surface area contributed by atoms with Crippen LogP contribution in [0.2, 0.25) is 0 Å². The van der Waals surface area contributed by atoms with Crippen LogP contribution in [0.25, 0.3) is 0 Å². The van der Waals surface area contributed by atoms with E-state index in [-0.39, 0.29) is 5.91 Å². The number of carbonyl (C=O) groups excluding carboxylic acids is 1. The maximum absolute atomic E-state index is 13.1. The molecule has 18 heavy (non-hydrogen) atoms. The van der Waals surface area contributed by atoms with Crippen LogP contribution in [0.15, 0.2) is 41.0 Å². The number of aromatic nitrogens is 1. The summed E-state index contributed by atoms with van der Waals surface area (Å²) >= 11 is 3.25. The van der Waals surface area contributed by atoms with Gasteiger partial charge in [0.05, 0.1) is 0 Å². The molecule has 2 aromatic rings. The standard InChI is InChI=1S/C13H10BrFN2O/c1-8-2-4-10(15)6-11(8)13(18)17-12-5-3-9(14)7-16-12/h2-7H,1H3,(H,16,17,18). The van der Waals surface area contributed by atoms with Gasteiger partial charge in [0.2, 0.25) is 0 Å². The lowest BCUT2D eigenvalue weighted by molar-refractivity contribution is 0.102. The molecule has 0 aliphatic heterocycles. The molecule has 1 aromatic heterocycles. The van der Waals surface area contributed by atoms with E-state index in [2.05, 4.69) is 26.2 Å². The van der Waals surface area contributed by atoms with Gasteiger partial charge in [-0.3, -0.25) is 4.79 Å². The fraction of sp³-hybridized carbons (Fsp3) is 0.0769. The number of anilines is 1. The third kappa shape index (κ3) is 2.92. The molecule has 5 heteroatoms. The van der Waals surface area contributed by atoms with E-state index in [1.54, 1.807) is 31.3 Å². The highest BCUT2D eigenvalue weighted by Gasteiger charge is 2.10. The van der Waals surface area contributed by atoms with Crippen LogP contribution < -0.4 is 5.32 Å². The Balaban J connectivity index is 2.21. The Hall–Kier alpha value is -1.75. The van der Waals surface area contributed by atoms with E-state index in [0.717, 1.165) is 4.47 Å². The van der Waals surface area contributed by atoms with E-state index >= 15 is 0 Å². The van der Waals surface area contributed by atoms with Crippen molar-refractivity contribution in [3.05, 3.63) is 57.9 Å². The quantitative estimate of drug-likeness (QED) is 0.922.